The van der Waals surface area contributed by atoms with Crippen LogP contribution in [0.15, 0.2) is 24.3 Å². The fourth-order valence-corrected chi connectivity index (χ4v) is 2.40. The quantitative estimate of drug-likeness (QED) is 0.890. The maximum atomic E-state index is 12.0. The van der Waals surface area contributed by atoms with E-state index in [0.29, 0.717) is 24.7 Å². The van der Waals surface area contributed by atoms with Crippen molar-refractivity contribution in [1.82, 2.24) is 10.2 Å². The molecule has 2 rings (SSSR count). The largest absolute Gasteiger partial charge is 0.481 e. The molecule has 0 bridgehead atoms. The molecule has 1 heterocycles. The molecule has 114 valence electrons. The minimum absolute atomic E-state index is 0.0932. The molecule has 1 aromatic rings. The second kappa shape index (κ2) is 7.28. The number of rotatable bonds is 4. The maximum Gasteiger partial charge on any atom is 0.317 e. The summed E-state index contributed by atoms with van der Waals surface area (Å²) in [6.07, 6.45) is -0.359. The lowest BCUT2D eigenvalue weighted by Crippen LogP contribution is -2.47. The van der Waals surface area contributed by atoms with E-state index in [1.807, 2.05) is 18.2 Å². The van der Waals surface area contributed by atoms with Crippen molar-refractivity contribution < 1.29 is 19.4 Å². The highest BCUT2D eigenvalue weighted by Crippen LogP contribution is 2.28. The molecule has 0 radical (unpaired) electrons. The van der Waals surface area contributed by atoms with Crippen molar-refractivity contribution in [3.8, 4) is 0 Å². The number of nitrogens with zero attached hydrogens (tertiary/aromatic N) is 1. The van der Waals surface area contributed by atoms with Gasteiger partial charge in [-0.15, -0.1) is 0 Å². The molecular formula is C14H17ClN2O4. The van der Waals surface area contributed by atoms with Gasteiger partial charge in [0.1, 0.15) is 6.10 Å². The lowest BCUT2D eigenvalue weighted by Gasteiger charge is -2.33. The summed E-state index contributed by atoms with van der Waals surface area (Å²) in [4.78, 5) is 24.0. The summed E-state index contributed by atoms with van der Waals surface area (Å²) in [5, 5.41) is 11.8. The summed E-state index contributed by atoms with van der Waals surface area (Å²) >= 11 is 6.14. The number of amides is 2. The number of carboxylic acids is 1. The molecule has 6 nitrogen and oxygen atoms in total. The van der Waals surface area contributed by atoms with Crippen LogP contribution in [0.5, 0.6) is 0 Å². The minimum Gasteiger partial charge on any atom is -0.481 e. The van der Waals surface area contributed by atoms with Crippen LogP contribution in [0.3, 0.4) is 0 Å². The Hall–Kier alpha value is -1.79. The second-order valence-corrected chi connectivity index (χ2v) is 5.11. The second-order valence-electron chi connectivity index (χ2n) is 4.70. The van der Waals surface area contributed by atoms with Crippen LogP contribution in [0.2, 0.25) is 5.02 Å². The highest BCUT2D eigenvalue weighted by atomic mass is 35.5. The lowest BCUT2D eigenvalue weighted by molar-refractivity contribution is -0.136. The summed E-state index contributed by atoms with van der Waals surface area (Å²) in [5.74, 6) is -0.939. The zero-order valence-electron chi connectivity index (χ0n) is 11.4. The summed E-state index contributed by atoms with van der Waals surface area (Å²) in [6, 6.07) is 7.09. The molecule has 7 heteroatoms. The average Bonchev–Trinajstić information content (AvgIpc) is 2.47. The highest BCUT2D eigenvalue weighted by Gasteiger charge is 2.26. The molecule has 1 saturated heterocycles. The van der Waals surface area contributed by atoms with E-state index in [-0.39, 0.29) is 25.1 Å². The van der Waals surface area contributed by atoms with Gasteiger partial charge in [-0.3, -0.25) is 4.79 Å². The normalized spacial score (nSPS) is 18.3. The van der Waals surface area contributed by atoms with Gasteiger partial charge in [0.2, 0.25) is 0 Å². The number of aliphatic carboxylic acids is 1. The SMILES string of the molecule is O=C(O)CCNC(=O)N1CCOC(c2ccccc2Cl)C1. The van der Waals surface area contributed by atoms with E-state index in [4.69, 9.17) is 21.4 Å². The van der Waals surface area contributed by atoms with E-state index in [0.717, 1.165) is 5.56 Å². The number of ether oxygens (including phenoxy) is 1. The Balaban J connectivity index is 1.93. The van der Waals surface area contributed by atoms with Crippen molar-refractivity contribution in [2.24, 2.45) is 0 Å². The Kier molecular flexibility index (Phi) is 5.41. The van der Waals surface area contributed by atoms with Gasteiger partial charge < -0.3 is 20.1 Å². The van der Waals surface area contributed by atoms with Gasteiger partial charge in [-0.2, -0.15) is 0 Å². The van der Waals surface area contributed by atoms with Crippen molar-refractivity contribution in [3.63, 3.8) is 0 Å². The third kappa shape index (κ3) is 4.34. The van der Waals surface area contributed by atoms with Crippen LogP contribution < -0.4 is 5.32 Å². The fraction of sp³-hybridized carbons (Fsp3) is 0.429. The van der Waals surface area contributed by atoms with Crippen LogP contribution in [-0.4, -0.2) is 48.2 Å². The van der Waals surface area contributed by atoms with Gasteiger partial charge in [0, 0.05) is 23.7 Å². The van der Waals surface area contributed by atoms with Gasteiger partial charge >= 0.3 is 12.0 Å². The van der Waals surface area contributed by atoms with Crippen molar-refractivity contribution in [2.75, 3.05) is 26.2 Å². The zero-order valence-corrected chi connectivity index (χ0v) is 12.2. The molecule has 2 amide bonds. The number of benzene rings is 1. The van der Waals surface area contributed by atoms with Gasteiger partial charge in [-0.25, -0.2) is 4.79 Å². The van der Waals surface area contributed by atoms with Crippen molar-refractivity contribution in [2.45, 2.75) is 12.5 Å². The molecule has 1 aliphatic rings. The van der Waals surface area contributed by atoms with Gasteiger partial charge in [0.15, 0.2) is 0 Å². The molecule has 1 unspecified atom stereocenters. The van der Waals surface area contributed by atoms with Gasteiger partial charge in [-0.1, -0.05) is 29.8 Å². The molecular weight excluding hydrogens is 296 g/mol. The minimum atomic E-state index is -0.939. The van der Waals surface area contributed by atoms with Gasteiger partial charge in [-0.05, 0) is 6.07 Å². The predicted octanol–water partition coefficient (Wildman–Crippen LogP) is 1.90. The molecule has 1 aliphatic heterocycles. The van der Waals surface area contributed by atoms with Crippen LogP contribution in [0.1, 0.15) is 18.1 Å². The average molecular weight is 313 g/mol. The first-order valence-electron chi connectivity index (χ1n) is 6.68. The topological polar surface area (TPSA) is 78.9 Å². The molecule has 1 aromatic carbocycles. The van der Waals surface area contributed by atoms with E-state index >= 15 is 0 Å². The number of hydrogen-bond acceptors (Lipinski definition) is 3. The van der Waals surface area contributed by atoms with Crippen molar-refractivity contribution in [3.05, 3.63) is 34.9 Å². The van der Waals surface area contributed by atoms with E-state index in [9.17, 15) is 9.59 Å². The zero-order chi connectivity index (χ0) is 15.2. The molecule has 1 fully saturated rings. The number of urea groups is 1. The number of carbonyl (C=O) groups excluding carboxylic acids is 1. The number of halogens is 1. The lowest BCUT2D eigenvalue weighted by atomic mass is 10.1. The number of hydrogen-bond donors (Lipinski definition) is 2. The van der Waals surface area contributed by atoms with Gasteiger partial charge in [0.25, 0.3) is 0 Å². The molecule has 0 saturated carbocycles. The van der Waals surface area contributed by atoms with Crippen molar-refractivity contribution in [1.29, 1.82) is 0 Å². The Morgan fingerprint density at radius 2 is 2.19 bits per heavy atom. The van der Waals surface area contributed by atoms with Crippen LogP contribution in [-0.2, 0) is 9.53 Å². The molecule has 0 aliphatic carbocycles. The monoisotopic (exact) mass is 312 g/mol. The summed E-state index contributed by atoms with van der Waals surface area (Å²) < 4.78 is 5.67. The predicted molar refractivity (Wildman–Crippen MR) is 77.4 cm³/mol. The van der Waals surface area contributed by atoms with E-state index in [1.165, 1.54) is 0 Å². The highest BCUT2D eigenvalue weighted by molar-refractivity contribution is 6.31. The number of carboxylic acid groups (broad SMARTS) is 1. The Morgan fingerprint density at radius 1 is 1.43 bits per heavy atom. The number of nitrogens with one attached hydrogen (secondary N) is 1. The molecule has 1 atom stereocenters. The summed E-state index contributed by atoms with van der Waals surface area (Å²) in [5.41, 5.74) is 0.849. The van der Waals surface area contributed by atoms with Crippen LogP contribution in [0, 0.1) is 0 Å². The molecule has 2 N–H and O–H groups in total. The smallest absolute Gasteiger partial charge is 0.317 e. The van der Waals surface area contributed by atoms with E-state index < -0.39 is 5.97 Å². The third-order valence-electron chi connectivity index (χ3n) is 3.22. The number of morpholine rings is 1. The summed E-state index contributed by atoms with van der Waals surface area (Å²) in [7, 11) is 0. The maximum absolute atomic E-state index is 12.0. The third-order valence-corrected chi connectivity index (χ3v) is 3.57. The van der Waals surface area contributed by atoms with Crippen molar-refractivity contribution >= 4 is 23.6 Å². The van der Waals surface area contributed by atoms with Crippen LogP contribution >= 0.6 is 11.6 Å². The van der Waals surface area contributed by atoms with E-state index in [2.05, 4.69) is 5.32 Å². The Morgan fingerprint density at radius 3 is 2.90 bits per heavy atom. The molecule has 21 heavy (non-hydrogen) atoms. The Bertz CT molecular complexity index is 523. The van der Waals surface area contributed by atoms with Gasteiger partial charge in [0.05, 0.1) is 19.6 Å². The summed E-state index contributed by atoms with van der Waals surface area (Å²) in [6.45, 7) is 1.40. The first kappa shape index (κ1) is 15.6. The molecule has 0 spiro atoms. The first-order valence-corrected chi connectivity index (χ1v) is 7.06. The van der Waals surface area contributed by atoms with Crippen LogP contribution in [0.4, 0.5) is 4.79 Å². The number of carbonyl (C=O) groups is 2. The fourth-order valence-electron chi connectivity index (χ4n) is 2.15. The van der Waals surface area contributed by atoms with E-state index in [1.54, 1.807) is 11.0 Å². The van der Waals surface area contributed by atoms with Crippen LogP contribution in [0.25, 0.3) is 0 Å². The molecule has 0 aromatic heterocycles. The first-order chi connectivity index (χ1) is 10.1. The standard InChI is InChI=1S/C14H17ClN2O4/c15-11-4-2-1-3-10(11)12-9-17(7-8-21-12)14(20)16-6-5-13(18)19/h1-4,12H,5-9H2,(H,16,20)(H,18,19). The Labute approximate surface area is 127 Å².